The van der Waals surface area contributed by atoms with Crippen molar-refractivity contribution in [3.8, 4) is 0 Å². The lowest BCUT2D eigenvalue weighted by atomic mass is 9.85. The van der Waals surface area contributed by atoms with Crippen LogP contribution in [0.1, 0.15) is 51.8 Å². The monoisotopic (exact) mass is 251 g/mol. The second-order valence-electron chi connectivity index (χ2n) is 5.83. The Morgan fingerprint density at radius 2 is 1.32 bits per heavy atom. The maximum Gasteiger partial charge on any atom is 0.00726 e. The van der Waals surface area contributed by atoms with Crippen molar-refractivity contribution >= 4 is 0 Å². The van der Waals surface area contributed by atoms with E-state index in [1.165, 1.54) is 38.9 Å². The van der Waals surface area contributed by atoms with Gasteiger partial charge in [0, 0.05) is 5.92 Å². The zero-order valence-corrected chi connectivity index (χ0v) is 12.9. The molecule has 1 unspecified atom stereocenters. The zero-order valence-electron chi connectivity index (χ0n) is 12.9. The van der Waals surface area contributed by atoms with Gasteiger partial charge >= 0.3 is 0 Å². The van der Waals surface area contributed by atoms with Crippen molar-refractivity contribution < 1.29 is 0 Å². The summed E-state index contributed by atoms with van der Waals surface area (Å²) in [6.45, 7) is 13.2. The Balaban J connectivity index is 2.52. The van der Waals surface area contributed by atoms with Gasteiger partial charge in [0.05, 0.1) is 0 Å². The normalized spacial score (nSPS) is 12.5. The molecule has 0 amide bonds. The van der Waals surface area contributed by atoms with Gasteiger partial charge in [-0.25, -0.2) is 0 Å². The van der Waals surface area contributed by atoms with E-state index in [1.54, 1.807) is 0 Å². The average Bonchev–Trinajstić information content (AvgIpc) is 2.25. The van der Waals surface area contributed by atoms with Crippen LogP contribution in [0.15, 0.2) is 24.3 Å². The summed E-state index contributed by atoms with van der Waals surface area (Å²) in [6, 6.07) is 12.5. The van der Waals surface area contributed by atoms with Crippen LogP contribution in [0.3, 0.4) is 0 Å². The molecule has 0 heteroatoms. The van der Waals surface area contributed by atoms with Gasteiger partial charge < -0.3 is 0 Å². The smallest absolute Gasteiger partial charge is 0.00726 e. The Morgan fingerprint density at radius 1 is 0.789 bits per heavy atom. The van der Waals surface area contributed by atoms with Crippen molar-refractivity contribution in [2.24, 2.45) is 0 Å². The SMILES string of the molecule is Cc1[c]c(C(C)c2c(C)cc(C)cc2C)cc(C)c1. The molecule has 0 fully saturated rings. The highest BCUT2D eigenvalue weighted by atomic mass is 14.2. The highest BCUT2D eigenvalue weighted by Gasteiger charge is 2.14. The number of hydrogen-bond acceptors (Lipinski definition) is 0. The molecule has 0 aliphatic carbocycles. The first kappa shape index (κ1) is 13.9. The van der Waals surface area contributed by atoms with Crippen LogP contribution in [0.2, 0.25) is 0 Å². The molecule has 2 aromatic rings. The molecule has 2 aromatic carbocycles. The minimum Gasteiger partial charge on any atom is -0.0561 e. The summed E-state index contributed by atoms with van der Waals surface area (Å²) in [5.74, 6) is 0.402. The van der Waals surface area contributed by atoms with Gasteiger partial charge in [-0.15, -0.1) is 0 Å². The lowest BCUT2D eigenvalue weighted by molar-refractivity contribution is 0.890. The molecular weight excluding hydrogens is 228 g/mol. The molecular formula is C19H23. The fourth-order valence-electron chi connectivity index (χ4n) is 3.19. The molecule has 99 valence electrons. The number of hydrogen-bond donors (Lipinski definition) is 0. The molecule has 0 aliphatic rings. The highest BCUT2D eigenvalue weighted by Crippen LogP contribution is 2.31. The third-order valence-electron chi connectivity index (χ3n) is 3.81. The van der Waals surface area contributed by atoms with Crippen molar-refractivity contribution in [2.75, 3.05) is 0 Å². The van der Waals surface area contributed by atoms with Crippen LogP contribution in [0.25, 0.3) is 0 Å². The number of benzene rings is 2. The zero-order chi connectivity index (χ0) is 14.2. The molecule has 1 atom stereocenters. The summed E-state index contributed by atoms with van der Waals surface area (Å²) in [5, 5.41) is 0. The van der Waals surface area contributed by atoms with Crippen LogP contribution >= 0.6 is 0 Å². The molecule has 0 nitrogen and oxygen atoms in total. The van der Waals surface area contributed by atoms with Gasteiger partial charge in [-0.1, -0.05) is 42.3 Å². The summed E-state index contributed by atoms with van der Waals surface area (Å²) in [4.78, 5) is 0. The molecule has 0 aliphatic heterocycles. The van der Waals surface area contributed by atoms with Gasteiger partial charge in [0.2, 0.25) is 0 Å². The fraction of sp³-hybridized carbons (Fsp3) is 0.368. The lowest BCUT2D eigenvalue weighted by Gasteiger charge is -2.19. The summed E-state index contributed by atoms with van der Waals surface area (Å²) < 4.78 is 0. The molecule has 0 N–H and O–H groups in total. The predicted octanol–water partition coefficient (Wildman–Crippen LogP) is 5.18. The van der Waals surface area contributed by atoms with E-state index in [0.717, 1.165) is 0 Å². The van der Waals surface area contributed by atoms with E-state index < -0.39 is 0 Å². The van der Waals surface area contributed by atoms with Crippen LogP contribution in [-0.4, -0.2) is 0 Å². The Kier molecular flexibility index (Phi) is 3.80. The minimum atomic E-state index is 0.402. The largest absolute Gasteiger partial charge is 0.0561 e. The van der Waals surface area contributed by atoms with Gasteiger partial charge in [-0.3, -0.25) is 0 Å². The minimum absolute atomic E-state index is 0.402. The quantitative estimate of drug-likeness (QED) is 0.690. The third-order valence-corrected chi connectivity index (χ3v) is 3.81. The first-order valence-electron chi connectivity index (χ1n) is 6.96. The van der Waals surface area contributed by atoms with Crippen LogP contribution < -0.4 is 0 Å². The maximum atomic E-state index is 3.52. The van der Waals surface area contributed by atoms with Gasteiger partial charge in [0.1, 0.15) is 0 Å². The van der Waals surface area contributed by atoms with Crippen LogP contribution in [0, 0.1) is 40.7 Å². The van der Waals surface area contributed by atoms with E-state index >= 15 is 0 Å². The van der Waals surface area contributed by atoms with E-state index in [0.29, 0.717) is 5.92 Å². The van der Waals surface area contributed by atoms with Crippen molar-refractivity contribution in [3.05, 3.63) is 69.3 Å². The molecule has 1 radical (unpaired) electrons. The second kappa shape index (κ2) is 5.21. The Bertz CT molecular complexity index is 562. The van der Waals surface area contributed by atoms with E-state index in [4.69, 9.17) is 0 Å². The van der Waals surface area contributed by atoms with Gasteiger partial charge in [-0.2, -0.15) is 0 Å². The van der Waals surface area contributed by atoms with E-state index in [9.17, 15) is 0 Å². The molecule has 0 saturated heterocycles. The standard InChI is InChI=1S/C19H23/c1-12-7-13(2)11-18(10-12)17(6)19-15(4)8-14(3)9-16(19)5/h7-10,17H,1-6H3. The molecule has 0 heterocycles. The maximum absolute atomic E-state index is 3.52. The van der Waals surface area contributed by atoms with Crippen LogP contribution in [-0.2, 0) is 0 Å². The number of rotatable bonds is 2. The first-order valence-corrected chi connectivity index (χ1v) is 6.96. The van der Waals surface area contributed by atoms with Gasteiger partial charge in [-0.05, 0) is 68.5 Å². The molecule has 19 heavy (non-hydrogen) atoms. The third kappa shape index (κ3) is 2.89. The Morgan fingerprint density at radius 3 is 1.84 bits per heavy atom. The van der Waals surface area contributed by atoms with E-state index in [1.807, 2.05) is 0 Å². The van der Waals surface area contributed by atoms with Crippen molar-refractivity contribution in [2.45, 2.75) is 47.5 Å². The van der Waals surface area contributed by atoms with Gasteiger partial charge in [0.15, 0.2) is 0 Å². The molecule has 0 aromatic heterocycles. The van der Waals surface area contributed by atoms with E-state index in [2.05, 4.69) is 71.9 Å². The van der Waals surface area contributed by atoms with Crippen molar-refractivity contribution in [1.82, 2.24) is 0 Å². The summed E-state index contributed by atoms with van der Waals surface area (Å²) >= 11 is 0. The molecule has 0 spiro atoms. The summed E-state index contributed by atoms with van der Waals surface area (Å²) in [5.41, 5.74) is 9.41. The second-order valence-corrected chi connectivity index (χ2v) is 5.83. The van der Waals surface area contributed by atoms with Crippen molar-refractivity contribution in [1.29, 1.82) is 0 Å². The predicted molar refractivity (Wildman–Crippen MR) is 82.9 cm³/mol. The summed E-state index contributed by atoms with van der Waals surface area (Å²) in [7, 11) is 0. The van der Waals surface area contributed by atoms with Crippen LogP contribution in [0.5, 0.6) is 0 Å². The summed E-state index contributed by atoms with van der Waals surface area (Å²) in [6.07, 6.45) is 0. The first-order chi connectivity index (χ1) is 8.88. The van der Waals surface area contributed by atoms with Crippen molar-refractivity contribution in [3.63, 3.8) is 0 Å². The van der Waals surface area contributed by atoms with Crippen LogP contribution in [0.4, 0.5) is 0 Å². The lowest BCUT2D eigenvalue weighted by Crippen LogP contribution is -2.03. The molecule has 0 bridgehead atoms. The fourth-order valence-corrected chi connectivity index (χ4v) is 3.19. The van der Waals surface area contributed by atoms with E-state index in [-0.39, 0.29) is 0 Å². The molecule has 0 saturated carbocycles. The van der Waals surface area contributed by atoms with Gasteiger partial charge in [0.25, 0.3) is 0 Å². The Hall–Kier alpha value is -1.56. The highest BCUT2D eigenvalue weighted by molar-refractivity contribution is 5.45. The molecule has 2 rings (SSSR count). The average molecular weight is 251 g/mol. The topological polar surface area (TPSA) is 0 Å². The Labute approximate surface area is 117 Å². The number of aryl methyl sites for hydroxylation is 5.